The van der Waals surface area contributed by atoms with Crippen molar-refractivity contribution in [3.8, 4) is 11.4 Å². The fraction of sp³-hybridized carbons (Fsp3) is 0.412. The van der Waals surface area contributed by atoms with Crippen molar-refractivity contribution in [2.24, 2.45) is 5.92 Å². The zero-order valence-corrected chi connectivity index (χ0v) is 13.3. The second kappa shape index (κ2) is 6.32. The van der Waals surface area contributed by atoms with Crippen LogP contribution in [0, 0.1) is 5.92 Å². The second-order valence-electron chi connectivity index (χ2n) is 6.11. The summed E-state index contributed by atoms with van der Waals surface area (Å²) >= 11 is 0. The molecule has 2 N–H and O–H groups in total. The Morgan fingerprint density at radius 2 is 1.96 bits per heavy atom. The van der Waals surface area contributed by atoms with Crippen LogP contribution in [0.25, 0.3) is 11.4 Å². The summed E-state index contributed by atoms with van der Waals surface area (Å²) < 4.78 is 0. The summed E-state index contributed by atoms with van der Waals surface area (Å²) in [5, 5.41) is 12.5. The molecule has 2 aromatic rings. The van der Waals surface area contributed by atoms with Crippen molar-refractivity contribution in [1.82, 2.24) is 15.0 Å². The van der Waals surface area contributed by atoms with Crippen LogP contribution in [0.3, 0.4) is 0 Å². The Labute approximate surface area is 135 Å². The first-order chi connectivity index (χ1) is 11.1. The van der Waals surface area contributed by atoms with E-state index in [1.54, 1.807) is 12.4 Å². The first kappa shape index (κ1) is 15.4. The molecule has 6 heteroatoms. The summed E-state index contributed by atoms with van der Waals surface area (Å²) in [6, 6.07) is 3.05. The molecule has 1 aliphatic rings. The Bertz CT molecular complexity index is 716. The number of carboxylic acid groups (broad SMARTS) is 1. The molecule has 6 nitrogen and oxygen atoms in total. The zero-order chi connectivity index (χ0) is 16.4. The lowest BCUT2D eigenvalue weighted by Gasteiger charge is -2.20. The Kier molecular flexibility index (Phi) is 4.23. The van der Waals surface area contributed by atoms with Gasteiger partial charge in [0.15, 0.2) is 5.82 Å². The van der Waals surface area contributed by atoms with Crippen LogP contribution in [0.15, 0.2) is 24.5 Å². The molecule has 3 rings (SSSR count). The molecular formula is C17H20N4O2. The van der Waals surface area contributed by atoms with E-state index in [2.05, 4.69) is 20.3 Å². The van der Waals surface area contributed by atoms with Gasteiger partial charge in [0.25, 0.3) is 0 Å². The maximum absolute atomic E-state index is 11.5. The van der Waals surface area contributed by atoms with Gasteiger partial charge in [-0.15, -0.1) is 0 Å². The van der Waals surface area contributed by atoms with Crippen molar-refractivity contribution < 1.29 is 9.90 Å². The van der Waals surface area contributed by atoms with Gasteiger partial charge in [-0.05, 0) is 37.3 Å². The highest BCUT2D eigenvalue weighted by Crippen LogP contribution is 2.30. The lowest BCUT2D eigenvalue weighted by Crippen LogP contribution is -2.35. The molecular weight excluding hydrogens is 292 g/mol. The normalized spacial score (nSPS) is 14.6. The fourth-order valence-electron chi connectivity index (χ4n) is 2.84. The smallest absolute Gasteiger partial charge is 0.326 e. The number of anilines is 1. The molecule has 1 atom stereocenters. The van der Waals surface area contributed by atoms with Gasteiger partial charge in [0.05, 0.1) is 0 Å². The molecule has 2 aromatic heterocycles. The third kappa shape index (κ3) is 3.16. The maximum atomic E-state index is 11.5. The number of aryl methyl sites for hydroxylation is 1. The summed E-state index contributed by atoms with van der Waals surface area (Å²) in [6.07, 6.45) is 6.22. The molecule has 0 aromatic carbocycles. The minimum absolute atomic E-state index is 0.0381. The first-order valence-corrected chi connectivity index (χ1v) is 7.86. The quantitative estimate of drug-likeness (QED) is 0.882. The molecule has 1 aliphatic carbocycles. The van der Waals surface area contributed by atoms with Gasteiger partial charge >= 0.3 is 5.97 Å². The van der Waals surface area contributed by atoms with E-state index in [0.29, 0.717) is 11.6 Å². The molecule has 0 amide bonds. The van der Waals surface area contributed by atoms with E-state index < -0.39 is 12.0 Å². The Morgan fingerprint density at radius 1 is 1.22 bits per heavy atom. The highest BCUT2D eigenvalue weighted by atomic mass is 16.4. The molecule has 2 heterocycles. The van der Waals surface area contributed by atoms with E-state index in [4.69, 9.17) is 0 Å². The number of nitrogens with zero attached hydrogens (tertiary/aromatic N) is 3. The van der Waals surface area contributed by atoms with Crippen LogP contribution in [0.5, 0.6) is 0 Å². The first-order valence-electron chi connectivity index (χ1n) is 7.86. The van der Waals surface area contributed by atoms with Gasteiger partial charge < -0.3 is 10.4 Å². The number of fused-ring (bicyclic) bond motifs is 1. The molecule has 120 valence electrons. The summed E-state index contributed by atoms with van der Waals surface area (Å²) in [5.74, 6) is 0.364. The van der Waals surface area contributed by atoms with Crippen LogP contribution < -0.4 is 5.32 Å². The maximum Gasteiger partial charge on any atom is 0.326 e. The third-order valence-corrected chi connectivity index (χ3v) is 4.10. The van der Waals surface area contributed by atoms with E-state index in [9.17, 15) is 9.90 Å². The fourth-order valence-corrected chi connectivity index (χ4v) is 2.84. The van der Waals surface area contributed by atoms with Crippen LogP contribution in [0.1, 0.15) is 31.5 Å². The van der Waals surface area contributed by atoms with Gasteiger partial charge in [-0.2, -0.15) is 0 Å². The molecule has 0 saturated heterocycles. The molecule has 0 aliphatic heterocycles. The average Bonchev–Trinajstić information content (AvgIpc) is 3.01. The number of rotatable bonds is 5. The molecule has 0 saturated carbocycles. The third-order valence-electron chi connectivity index (χ3n) is 4.10. The van der Waals surface area contributed by atoms with Crippen molar-refractivity contribution in [2.75, 3.05) is 5.32 Å². The number of carboxylic acids is 1. The topological polar surface area (TPSA) is 88.0 Å². The lowest BCUT2D eigenvalue weighted by molar-refractivity contribution is -0.138. The monoisotopic (exact) mass is 312 g/mol. The SMILES string of the molecule is CC(C)[C@@H](Nc1nc(-c2ccncc2)nc2c1CCC2)C(=O)O. The molecule has 0 radical (unpaired) electrons. The van der Waals surface area contributed by atoms with Crippen LogP contribution in [-0.2, 0) is 17.6 Å². The number of aromatic nitrogens is 3. The Balaban J connectivity index is 2.02. The standard InChI is InChI=1S/C17H20N4O2/c1-10(2)14(17(22)23)20-16-12-4-3-5-13(12)19-15(21-16)11-6-8-18-9-7-11/h6-10,14H,3-5H2,1-2H3,(H,22,23)(H,19,20,21)/t14-/m1/s1. The lowest BCUT2D eigenvalue weighted by atomic mass is 10.0. The summed E-state index contributed by atoms with van der Waals surface area (Å²) in [5.41, 5.74) is 2.95. The van der Waals surface area contributed by atoms with E-state index >= 15 is 0 Å². The van der Waals surface area contributed by atoms with Crippen LogP contribution in [0.2, 0.25) is 0 Å². The number of carbonyl (C=O) groups is 1. The van der Waals surface area contributed by atoms with Gasteiger partial charge in [0.1, 0.15) is 11.9 Å². The Morgan fingerprint density at radius 3 is 2.61 bits per heavy atom. The van der Waals surface area contributed by atoms with Crippen molar-refractivity contribution in [3.63, 3.8) is 0 Å². The van der Waals surface area contributed by atoms with Crippen LogP contribution in [-0.4, -0.2) is 32.1 Å². The predicted molar refractivity (Wildman–Crippen MR) is 87.2 cm³/mol. The zero-order valence-electron chi connectivity index (χ0n) is 13.3. The van der Waals surface area contributed by atoms with Gasteiger partial charge in [0, 0.05) is 29.2 Å². The highest BCUT2D eigenvalue weighted by Gasteiger charge is 2.26. The number of aliphatic carboxylic acids is 1. The van der Waals surface area contributed by atoms with Crippen LogP contribution in [0.4, 0.5) is 5.82 Å². The van der Waals surface area contributed by atoms with Gasteiger partial charge in [-0.1, -0.05) is 13.8 Å². The molecule has 0 bridgehead atoms. The minimum Gasteiger partial charge on any atom is -0.480 e. The number of hydrogen-bond donors (Lipinski definition) is 2. The van der Waals surface area contributed by atoms with E-state index in [1.807, 2.05) is 26.0 Å². The van der Waals surface area contributed by atoms with Crippen molar-refractivity contribution >= 4 is 11.8 Å². The van der Waals surface area contributed by atoms with Crippen molar-refractivity contribution in [1.29, 1.82) is 0 Å². The summed E-state index contributed by atoms with van der Waals surface area (Å²) in [4.78, 5) is 24.8. The van der Waals surface area contributed by atoms with E-state index in [1.165, 1.54) is 0 Å². The van der Waals surface area contributed by atoms with Gasteiger partial charge in [-0.25, -0.2) is 14.8 Å². The molecule has 23 heavy (non-hydrogen) atoms. The number of pyridine rings is 1. The largest absolute Gasteiger partial charge is 0.480 e. The van der Waals surface area contributed by atoms with Crippen molar-refractivity contribution in [3.05, 3.63) is 35.8 Å². The summed E-state index contributed by atoms with van der Waals surface area (Å²) in [7, 11) is 0. The van der Waals surface area contributed by atoms with E-state index in [0.717, 1.165) is 36.1 Å². The average molecular weight is 312 g/mol. The molecule has 0 fully saturated rings. The van der Waals surface area contributed by atoms with Gasteiger partial charge in [0.2, 0.25) is 0 Å². The van der Waals surface area contributed by atoms with E-state index in [-0.39, 0.29) is 5.92 Å². The molecule has 0 spiro atoms. The van der Waals surface area contributed by atoms with Gasteiger partial charge in [-0.3, -0.25) is 4.98 Å². The van der Waals surface area contributed by atoms with Crippen LogP contribution >= 0.6 is 0 Å². The number of nitrogens with one attached hydrogen (secondary N) is 1. The summed E-state index contributed by atoms with van der Waals surface area (Å²) in [6.45, 7) is 3.77. The predicted octanol–water partition coefficient (Wildman–Crippen LogP) is 2.55. The highest BCUT2D eigenvalue weighted by molar-refractivity contribution is 5.78. The Hall–Kier alpha value is -2.50. The number of hydrogen-bond acceptors (Lipinski definition) is 5. The minimum atomic E-state index is -0.865. The van der Waals surface area contributed by atoms with Crippen molar-refractivity contribution in [2.45, 2.75) is 39.2 Å². The second-order valence-corrected chi connectivity index (χ2v) is 6.11. The molecule has 0 unspecified atom stereocenters.